The van der Waals surface area contributed by atoms with Crippen molar-refractivity contribution in [3.63, 3.8) is 0 Å². The van der Waals surface area contributed by atoms with E-state index in [0.29, 0.717) is 11.5 Å². The second-order valence-corrected chi connectivity index (χ2v) is 7.98. The molecule has 0 aliphatic heterocycles. The summed E-state index contributed by atoms with van der Waals surface area (Å²) in [6.07, 6.45) is 1.53. The Morgan fingerprint density at radius 1 is 1.14 bits per heavy atom. The Labute approximate surface area is 165 Å². The highest BCUT2D eigenvalue weighted by Gasteiger charge is 2.27. The van der Waals surface area contributed by atoms with Gasteiger partial charge < -0.3 is 14.8 Å². The molecule has 2 rings (SSSR count). The highest BCUT2D eigenvalue weighted by Crippen LogP contribution is 2.36. The van der Waals surface area contributed by atoms with E-state index in [-0.39, 0.29) is 22.7 Å². The zero-order valence-corrected chi connectivity index (χ0v) is 17.2. The molecule has 0 radical (unpaired) electrons. The molecule has 0 saturated carbocycles. The second-order valence-electron chi connectivity index (χ2n) is 6.01. The summed E-state index contributed by atoms with van der Waals surface area (Å²) in [5.74, 6) is 0.168. The summed E-state index contributed by atoms with van der Waals surface area (Å²) in [5.41, 5.74) is 1.25. The average Bonchev–Trinajstić information content (AvgIpc) is 2.70. The summed E-state index contributed by atoms with van der Waals surface area (Å²) in [6, 6.07) is 9.40. The molecule has 0 aromatic heterocycles. The quantitative estimate of drug-likeness (QED) is 0.684. The van der Waals surface area contributed by atoms with E-state index in [4.69, 9.17) is 9.47 Å². The molecule has 0 bridgehead atoms. The van der Waals surface area contributed by atoms with Crippen LogP contribution in [0.25, 0.3) is 0 Å². The summed E-state index contributed by atoms with van der Waals surface area (Å²) in [7, 11) is 0.375. The Morgan fingerprint density at radius 3 is 2.25 bits per heavy atom. The van der Waals surface area contributed by atoms with Crippen LogP contribution in [0.4, 0.5) is 5.69 Å². The van der Waals surface area contributed by atoms with Gasteiger partial charge in [-0.05, 0) is 25.1 Å². The number of benzene rings is 2. The van der Waals surface area contributed by atoms with E-state index in [2.05, 4.69) is 11.9 Å². The lowest BCUT2D eigenvalue weighted by atomic mass is 10.1. The van der Waals surface area contributed by atoms with Crippen LogP contribution in [-0.2, 0) is 10.0 Å². The molecular formula is C20H24N2O5S. The first kappa shape index (κ1) is 21.3. The van der Waals surface area contributed by atoms with Gasteiger partial charge in [-0.1, -0.05) is 23.8 Å². The number of aryl methyl sites for hydroxylation is 1. The molecule has 7 nitrogen and oxygen atoms in total. The van der Waals surface area contributed by atoms with Crippen molar-refractivity contribution in [3.8, 4) is 11.5 Å². The molecule has 2 aromatic rings. The van der Waals surface area contributed by atoms with Gasteiger partial charge in [0.15, 0.2) is 11.5 Å². The van der Waals surface area contributed by atoms with E-state index >= 15 is 0 Å². The van der Waals surface area contributed by atoms with Gasteiger partial charge in [-0.15, -0.1) is 6.58 Å². The Bertz CT molecular complexity index is 969. The van der Waals surface area contributed by atoms with Gasteiger partial charge >= 0.3 is 0 Å². The summed E-state index contributed by atoms with van der Waals surface area (Å²) < 4.78 is 37.8. The summed E-state index contributed by atoms with van der Waals surface area (Å²) in [4.78, 5) is 12.7. The van der Waals surface area contributed by atoms with Crippen molar-refractivity contribution in [1.29, 1.82) is 0 Å². The van der Waals surface area contributed by atoms with Crippen LogP contribution in [0.1, 0.15) is 15.9 Å². The number of ether oxygens (including phenoxy) is 2. The lowest BCUT2D eigenvalue weighted by Gasteiger charge is -2.23. The summed E-state index contributed by atoms with van der Waals surface area (Å²) in [6.45, 7) is 5.67. The lowest BCUT2D eigenvalue weighted by Crippen LogP contribution is -2.31. The van der Waals surface area contributed by atoms with Gasteiger partial charge in [-0.25, -0.2) is 8.42 Å². The van der Waals surface area contributed by atoms with Crippen LogP contribution in [0, 0.1) is 6.92 Å². The zero-order chi connectivity index (χ0) is 20.9. The number of sulfonamides is 1. The number of carbonyl (C=O) groups is 1. The number of carbonyl (C=O) groups excluding carboxylic acids is 1. The van der Waals surface area contributed by atoms with Crippen LogP contribution < -0.4 is 19.1 Å². The minimum Gasteiger partial charge on any atom is -0.493 e. The fourth-order valence-corrected chi connectivity index (χ4v) is 3.77. The highest BCUT2D eigenvalue weighted by molar-refractivity contribution is 7.92. The molecule has 8 heteroatoms. The predicted molar refractivity (Wildman–Crippen MR) is 109 cm³/mol. The van der Waals surface area contributed by atoms with Crippen molar-refractivity contribution in [3.05, 3.63) is 60.2 Å². The summed E-state index contributed by atoms with van der Waals surface area (Å²) >= 11 is 0. The first-order valence-electron chi connectivity index (χ1n) is 8.47. The number of anilines is 1. The van der Waals surface area contributed by atoms with Crippen LogP contribution >= 0.6 is 0 Å². The molecule has 0 unspecified atom stereocenters. The van der Waals surface area contributed by atoms with Crippen LogP contribution in [0.3, 0.4) is 0 Å². The third kappa shape index (κ3) is 4.28. The SMILES string of the molecule is C=CCNC(=O)c1cc(OC)c(OC)cc1N(C)S(=O)(=O)c1ccc(C)cc1. The molecule has 150 valence electrons. The molecule has 1 amide bonds. The Morgan fingerprint density at radius 2 is 1.71 bits per heavy atom. The fourth-order valence-electron chi connectivity index (χ4n) is 2.57. The van der Waals surface area contributed by atoms with E-state index in [0.717, 1.165) is 9.87 Å². The topological polar surface area (TPSA) is 84.9 Å². The Hall–Kier alpha value is -3.00. The number of amides is 1. The van der Waals surface area contributed by atoms with Crippen molar-refractivity contribution >= 4 is 21.6 Å². The van der Waals surface area contributed by atoms with Crippen LogP contribution in [0.15, 0.2) is 53.9 Å². The largest absolute Gasteiger partial charge is 0.493 e. The van der Waals surface area contributed by atoms with Gasteiger partial charge in [-0.3, -0.25) is 9.10 Å². The molecule has 0 saturated heterocycles. The molecular weight excluding hydrogens is 380 g/mol. The monoisotopic (exact) mass is 404 g/mol. The van der Waals surface area contributed by atoms with Gasteiger partial charge in [0.05, 0.1) is 30.4 Å². The third-order valence-corrected chi connectivity index (χ3v) is 5.96. The minimum absolute atomic E-state index is 0.118. The van der Waals surface area contributed by atoms with Crippen molar-refractivity contribution in [2.75, 3.05) is 32.1 Å². The number of nitrogens with zero attached hydrogens (tertiary/aromatic N) is 1. The highest BCUT2D eigenvalue weighted by atomic mass is 32.2. The molecule has 2 aromatic carbocycles. The third-order valence-electron chi connectivity index (χ3n) is 4.17. The smallest absolute Gasteiger partial charge is 0.264 e. The number of methoxy groups -OCH3 is 2. The first-order chi connectivity index (χ1) is 13.3. The van der Waals surface area contributed by atoms with E-state index in [1.54, 1.807) is 12.1 Å². The van der Waals surface area contributed by atoms with Crippen molar-refractivity contribution in [2.24, 2.45) is 0 Å². The Kier molecular flexibility index (Phi) is 6.69. The molecule has 0 spiro atoms. The van der Waals surface area contributed by atoms with E-state index in [1.807, 2.05) is 6.92 Å². The van der Waals surface area contributed by atoms with E-state index < -0.39 is 15.9 Å². The number of rotatable bonds is 8. The van der Waals surface area contributed by atoms with Gasteiger partial charge in [0.2, 0.25) is 0 Å². The van der Waals surface area contributed by atoms with Gasteiger partial charge in [0, 0.05) is 19.7 Å². The lowest BCUT2D eigenvalue weighted by molar-refractivity contribution is 0.0958. The van der Waals surface area contributed by atoms with Crippen molar-refractivity contribution in [2.45, 2.75) is 11.8 Å². The van der Waals surface area contributed by atoms with E-state index in [1.165, 1.54) is 51.6 Å². The van der Waals surface area contributed by atoms with Gasteiger partial charge in [0.25, 0.3) is 15.9 Å². The average molecular weight is 404 g/mol. The summed E-state index contributed by atoms with van der Waals surface area (Å²) in [5, 5.41) is 2.66. The van der Waals surface area contributed by atoms with Crippen LogP contribution in [0.5, 0.6) is 11.5 Å². The molecule has 0 aliphatic rings. The van der Waals surface area contributed by atoms with Crippen molar-refractivity contribution < 1.29 is 22.7 Å². The molecule has 0 atom stereocenters. The number of hydrogen-bond donors (Lipinski definition) is 1. The molecule has 0 fully saturated rings. The molecule has 0 aliphatic carbocycles. The second kappa shape index (κ2) is 8.79. The maximum atomic E-state index is 13.1. The normalized spacial score (nSPS) is 10.9. The minimum atomic E-state index is -3.89. The predicted octanol–water partition coefficient (Wildman–Crippen LogP) is 2.75. The zero-order valence-electron chi connectivity index (χ0n) is 16.4. The van der Waals surface area contributed by atoms with Crippen LogP contribution in [-0.4, -0.2) is 42.1 Å². The molecule has 1 N–H and O–H groups in total. The maximum Gasteiger partial charge on any atom is 0.264 e. The number of hydrogen-bond acceptors (Lipinski definition) is 5. The number of nitrogens with one attached hydrogen (secondary N) is 1. The fraction of sp³-hybridized carbons (Fsp3) is 0.250. The Balaban J connectivity index is 2.61. The molecule has 0 heterocycles. The van der Waals surface area contributed by atoms with Gasteiger partial charge in [-0.2, -0.15) is 0 Å². The van der Waals surface area contributed by atoms with Gasteiger partial charge in [0.1, 0.15) is 0 Å². The maximum absolute atomic E-state index is 13.1. The first-order valence-corrected chi connectivity index (χ1v) is 9.91. The van der Waals surface area contributed by atoms with Crippen LogP contribution in [0.2, 0.25) is 0 Å². The van der Waals surface area contributed by atoms with Crippen molar-refractivity contribution in [1.82, 2.24) is 5.32 Å². The standard InChI is InChI=1S/C20H24N2O5S/c1-6-11-21-20(23)16-12-18(26-4)19(27-5)13-17(16)22(3)28(24,25)15-9-7-14(2)8-10-15/h6-10,12-13H,1,11H2,2-5H3,(H,21,23). The molecule has 28 heavy (non-hydrogen) atoms. The van der Waals surface area contributed by atoms with E-state index in [9.17, 15) is 13.2 Å².